The summed E-state index contributed by atoms with van der Waals surface area (Å²) in [5, 5.41) is 3.41. The van der Waals surface area contributed by atoms with Gasteiger partial charge < -0.3 is 5.32 Å². The predicted molar refractivity (Wildman–Crippen MR) is 80.9 cm³/mol. The molecule has 0 fully saturated rings. The molecule has 1 nitrogen and oxygen atoms in total. The maximum atomic E-state index is 3.48. The quantitative estimate of drug-likeness (QED) is 0.887. The lowest BCUT2D eigenvalue weighted by Gasteiger charge is -2.20. The van der Waals surface area contributed by atoms with E-state index in [0.29, 0.717) is 0 Å². The highest BCUT2D eigenvalue weighted by Crippen LogP contribution is 2.26. The van der Waals surface area contributed by atoms with E-state index in [1.54, 1.807) is 0 Å². The second-order valence-corrected chi connectivity index (χ2v) is 5.24. The Hall–Kier alpha value is -1.12. The molecule has 1 atom stereocenters. The zero-order valence-electron chi connectivity index (χ0n) is 10.8. The predicted octanol–water partition coefficient (Wildman–Crippen LogP) is 4.32. The van der Waals surface area contributed by atoms with Crippen molar-refractivity contribution < 1.29 is 0 Å². The summed E-state index contributed by atoms with van der Waals surface area (Å²) < 4.78 is 1.12. The van der Waals surface area contributed by atoms with Crippen molar-refractivity contribution in [1.82, 2.24) is 5.32 Å². The average molecular weight is 304 g/mol. The van der Waals surface area contributed by atoms with Gasteiger partial charge in [-0.1, -0.05) is 59.3 Å². The lowest BCUT2D eigenvalue weighted by Crippen LogP contribution is -2.19. The Labute approximate surface area is 117 Å². The van der Waals surface area contributed by atoms with E-state index in [1.165, 1.54) is 16.7 Å². The summed E-state index contributed by atoms with van der Waals surface area (Å²) in [7, 11) is 2.01. The highest BCUT2D eigenvalue weighted by molar-refractivity contribution is 9.10. The fourth-order valence-corrected chi connectivity index (χ4v) is 2.56. The Balaban J connectivity index is 2.41. The first-order valence-corrected chi connectivity index (χ1v) is 7.06. The highest BCUT2D eigenvalue weighted by Gasteiger charge is 2.14. The van der Waals surface area contributed by atoms with Crippen molar-refractivity contribution in [2.75, 3.05) is 7.05 Å². The van der Waals surface area contributed by atoms with Crippen LogP contribution in [0.3, 0.4) is 0 Å². The van der Waals surface area contributed by atoms with E-state index in [1.807, 2.05) is 7.05 Å². The first kappa shape index (κ1) is 13.3. The molecule has 0 radical (unpaired) electrons. The van der Waals surface area contributed by atoms with Gasteiger partial charge in [0.15, 0.2) is 0 Å². The fraction of sp³-hybridized carbons (Fsp3) is 0.250. The Morgan fingerprint density at radius 2 is 1.72 bits per heavy atom. The third-order valence-corrected chi connectivity index (χ3v) is 3.77. The number of halogens is 1. The van der Waals surface area contributed by atoms with Crippen molar-refractivity contribution in [2.45, 2.75) is 19.4 Å². The molecule has 0 aliphatic rings. The number of benzene rings is 2. The van der Waals surface area contributed by atoms with E-state index in [9.17, 15) is 0 Å². The van der Waals surface area contributed by atoms with E-state index >= 15 is 0 Å². The van der Waals surface area contributed by atoms with Crippen LogP contribution in [-0.4, -0.2) is 7.05 Å². The minimum Gasteiger partial charge on any atom is -0.309 e. The molecular weight excluding hydrogens is 286 g/mol. The molecule has 2 heteroatoms. The summed E-state index contributed by atoms with van der Waals surface area (Å²) in [5.41, 5.74) is 4.06. The largest absolute Gasteiger partial charge is 0.309 e. The van der Waals surface area contributed by atoms with Gasteiger partial charge in [0, 0.05) is 4.47 Å². The van der Waals surface area contributed by atoms with Crippen molar-refractivity contribution in [1.29, 1.82) is 0 Å². The normalized spacial score (nSPS) is 12.4. The smallest absolute Gasteiger partial charge is 0.0577 e. The molecule has 0 aromatic heterocycles. The second kappa shape index (κ2) is 6.17. The van der Waals surface area contributed by atoms with Gasteiger partial charge in [0.1, 0.15) is 0 Å². The lowest BCUT2D eigenvalue weighted by molar-refractivity contribution is 0.684. The number of hydrogen-bond acceptors (Lipinski definition) is 1. The Morgan fingerprint density at radius 3 is 2.33 bits per heavy atom. The molecule has 0 aliphatic heterocycles. The molecule has 0 bridgehead atoms. The molecule has 0 amide bonds. The van der Waals surface area contributed by atoms with Gasteiger partial charge in [0.05, 0.1) is 6.04 Å². The summed E-state index contributed by atoms with van der Waals surface area (Å²) in [6.07, 6.45) is 1.06. The van der Waals surface area contributed by atoms with Gasteiger partial charge in [0.2, 0.25) is 0 Å². The Kier molecular flexibility index (Phi) is 4.56. The van der Waals surface area contributed by atoms with Gasteiger partial charge in [0.25, 0.3) is 0 Å². The molecule has 1 N–H and O–H groups in total. The van der Waals surface area contributed by atoms with Crippen LogP contribution >= 0.6 is 15.9 Å². The number of aryl methyl sites for hydroxylation is 1. The van der Waals surface area contributed by atoms with Crippen molar-refractivity contribution in [2.24, 2.45) is 0 Å². The van der Waals surface area contributed by atoms with Gasteiger partial charge in [-0.25, -0.2) is 0 Å². The summed E-state index contributed by atoms with van der Waals surface area (Å²) >= 11 is 3.48. The van der Waals surface area contributed by atoms with E-state index in [0.717, 1.165) is 10.9 Å². The van der Waals surface area contributed by atoms with E-state index in [4.69, 9.17) is 0 Å². The highest BCUT2D eigenvalue weighted by atomic mass is 79.9. The van der Waals surface area contributed by atoms with Gasteiger partial charge >= 0.3 is 0 Å². The third kappa shape index (κ3) is 2.82. The number of rotatable bonds is 4. The van der Waals surface area contributed by atoms with Crippen molar-refractivity contribution in [3.63, 3.8) is 0 Å². The molecule has 1 unspecified atom stereocenters. The van der Waals surface area contributed by atoms with E-state index in [-0.39, 0.29) is 6.04 Å². The van der Waals surface area contributed by atoms with Gasteiger partial charge in [-0.2, -0.15) is 0 Å². The third-order valence-electron chi connectivity index (χ3n) is 3.24. The molecule has 0 aliphatic carbocycles. The van der Waals surface area contributed by atoms with Crippen LogP contribution in [0.4, 0.5) is 0 Å². The van der Waals surface area contributed by atoms with E-state index < -0.39 is 0 Å². The lowest BCUT2D eigenvalue weighted by atomic mass is 9.93. The minimum atomic E-state index is 0.259. The van der Waals surface area contributed by atoms with Crippen LogP contribution in [0.2, 0.25) is 0 Å². The second-order valence-electron chi connectivity index (χ2n) is 4.33. The zero-order chi connectivity index (χ0) is 13.0. The van der Waals surface area contributed by atoms with E-state index in [2.05, 4.69) is 76.7 Å². The van der Waals surface area contributed by atoms with Crippen LogP contribution in [-0.2, 0) is 6.42 Å². The van der Waals surface area contributed by atoms with Crippen LogP contribution < -0.4 is 5.32 Å². The maximum Gasteiger partial charge on any atom is 0.0577 e. The van der Waals surface area contributed by atoms with Gasteiger partial charge in [-0.3, -0.25) is 0 Å². The number of hydrogen-bond donors (Lipinski definition) is 1. The summed E-state index contributed by atoms with van der Waals surface area (Å²) in [6.45, 7) is 2.20. The molecule has 0 saturated heterocycles. The van der Waals surface area contributed by atoms with Crippen molar-refractivity contribution in [3.05, 3.63) is 69.7 Å². The molecule has 0 heterocycles. The zero-order valence-corrected chi connectivity index (χ0v) is 12.4. The standard InChI is InChI=1S/C16H18BrN/c1-3-12-6-4-5-7-15(12)16(18-2)13-8-10-14(17)11-9-13/h4-11,16,18H,3H2,1-2H3. The topological polar surface area (TPSA) is 12.0 Å². The SMILES string of the molecule is CCc1ccccc1C(NC)c1ccc(Br)cc1. The molecule has 0 spiro atoms. The van der Waals surface area contributed by atoms with Crippen molar-refractivity contribution in [3.8, 4) is 0 Å². The van der Waals surface area contributed by atoms with Gasteiger partial charge in [-0.15, -0.1) is 0 Å². The molecular formula is C16H18BrN. The maximum absolute atomic E-state index is 3.48. The monoisotopic (exact) mass is 303 g/mol. The van der Waals surface area contributed by atoms with Crippen LogP contribution in [0.15, 0.2) is 53.0 Å². The van der Waals surface area contributed by atoms with Crippen molar-refractivity contribution >= 4 is 15.9 Å². The fourth-order valence-electron chi connectivity index (χ4n) is 2.29. The summed E-state index contributed by atoms with van der Waals surface area (Å²) in [6, 6.07) is 17.4. The molecule has 2 aromatic carbocycles. The van der Waals surface area contributed by atoms with Gasteiger partial charge in [-0.05, 0) is 42.3 Å². The van der Waals surface area contributed by atoms with Crippen LogP contribution in [0, 0.1) is 0 Å². The Morgan fingerprint density at radius 1 is 1.06 bits per heavy atom. The molecule has 18 heavy (non-hydrogen) atoms. The first-order chi connectivity index (χ1) is 8.76. The molecule has 2 aromatic rings. The number of nitrogens with one attached hydrogen (secondary N) is 1. The van der Waals surface area contributed by atoms with Crippen LogP contribution in [0.25, 0.3) is 0 Å². The summed E-state index contributed by atoms with van der Waals surface area (Å²) in [4.78, 5) is 0. The van der Waals surface area contributed by atoms with Crippen LogP contribution in [0.1, 0.15) is 29.7 Å². The minimum absolute atomic E-state index is 0.259. The first-order valence-electron chi connectivity index (χ1n) is 6.26. The molecule has 2 rings (SSSR count). The average Bonchev–Trinajstić information content (AvgIpc) is 2.42. The summed E-state index contributed by atoms with van der Waals surface area (Å²) in [5.74, 6) is 0. The Bertz CT molecular complexity index is 505. The molecule has 0 saturated carbocycles. The van der Waals surface area contributed by atoms with Crippen LogP contribution in [0.5, 0.6) is 0 Å². The molecule has 94 valence electrons.